The quantitative estimate of drug-likeness (QED) is 0.675. The van der Waals surface area contributed by atoms with Crippen LogP contribution in [0.3, 0.4) is 0 Å². The Morgan fingerprint density at radius 1 is 1.39 bits per heavy atom. The van der Waals surface area contributed by atoms with E-state index < -0.39 is 12.1 Å². The van der Waals surface area contributed by atoms with Crippen molar-refractivity contribution in [2.24, 2.45) is 5.92 Å². The summed E-state index contributed by atoms with van der Waals surface area (Å²) in [6.45, 7) is 3.85. The molecule has 0 aliphatic carbocycles. The summed E-state index contributed by atoms with van der Waals surface area (Å²) in [6, 6.07) is -0.165. The highest BCUT2D eigenvalue weighted by molar-refractivity contribution is 5.74. The normalized spacial score (nSPS) is 18.4. The maximum atomic E-state index is 11.7. The second-order valence-electron chi connectivity index (χ2n) is 4.71. The fraction of sp³-hybridized carbons (Fsp3) is 0.833. The number of hydrogen-bond donors (Lipinski definition) is 3. The molecule has 0 saturated carbocycles. The third-order valence-corrected chi connectivity index (χ3v) is 3.46. The molecule has 0 spiro atoms. The first kappa shape index (κ1) is 14.8. The number of carboxylic acid groups (broad SMARTS) is 1. The van der Waals surface area contributed by atoms with E-state index >= 15 is 0 Å². The molecule has 1 rings (SSSR count). The Labute approximate surface area is 107 Å². The lowest BCUT2D eigenvalue weighted by molar-refractivity contribution is -0.146. The van der Waals surface area contributed by atoms with Gasteiger partial charge in [-0.25, -0.2) is 9.59 Å². The summed E-state index contributed by atoms with van der Waals surface area (Å²) in [5.74, 6) is -0.545. The predicted molar refractivity (Wildman–Crippen MR) is 66.2 cm³/mol. The predicted octanol–water partition coefficient (Wildman–Crippen LogP) is 0.654. The molecule has 0 radical (unpaired) electrons. The van der Waals surface area contributed by atoms with Gasteiger partial charge in [-0.3, -0.25) is 0 Å². The van der Waals surface area contributed by atoms with E-state index in [2.05, 4.69) is 12.2 Å². The van der Waals surface area contributed by atoms with Gasteiger partial charge in [0.15, 0.2) is 6.10 Å². The third kappa shape index (κ3) is 4.52. The average Bonchev–Trinajstić information content (AvgIpc) is 2.38. The van der Waals surface area contributed by atoms with Crippen molar-refractivity contribution in [2.45, 2.75) is 38.7 Å². The number of hydrogen-bond acceptors (Lipinski definition) is 3. The molecule has 3 N–H and O–H groups in total. The molecule has 1 saturated heterocycles. The third-order valence-electron chi connectivity index (χ3n) is 3.46. The lowest BCUT2D eigenvalue weighted by Gasteiger charge is -2.31. The zero-order valence-corrected chi connectivity index (χ0v) is 10.8. The number of likely N-dealkylation sites (tertiary alicyclic amines) is 1. The smallest absolute Gasteiger partial charge is 0.332 e. The van der Waals surface area contributed by atoms with Crippen molar-refractivity contribution in [3.8, 4) is 0 Å². The minimum atomic E-state index is -1.41. The van der Waals surface area contributed by atoms with Crippen molar-refractivity contribution in [3.05, 3.63) is 0 Å². The highest BCUT2D eigenvalue weighted by Crippen LogP contribution is 2.19. The van der Waals surface area contributed by atoms with Gasteiger partial charge in [-0.2, -0.15) is 0 Å². The lowest BCUT2D eigenvalue weighted by atomic mass is 9.95. The van der Waals surface area contributed by atoms with E-state index in [-0.39, 0.29) is 19.0 Å². The number of piperidine rings is 1. The van der Waals surface area contributed by atoms with Crippen molar-refractivity contribution in [1.82, 2.24) is 10.2 Å². The van der Waals surface area contributed by atoms with Crippen LogP contribution in [0.25, 0.3) is 0 Å². The van der Waals surface area contributed by atoms with E-state index in [0.717, 1.165) is 32.4 Å². The average molecular weight is 258 g/mol. The summed E-state index contributed by atoms with van der Waals surface area (Å²) < 4.78 is 0. The van der Waals surface area contributed by atoms with Gasteiger partial charge in [-0.15, -0.1) is 0 Å². The summed E-state index contributed by atoms with van der Waals surface area (Å²) in [5, 5.41) is 20.2. The van der Waals surface area contributed by atoms with Crippen LogP contribution in [-0.4, -0.2) is 52.9 Å². The summed E-state index contributed by atoms with van der Waals surface area (Å²) >= 11 is 0. The molecule has 6 heteroatoms. The van der Waals surface area contributed by atoms with Crippen molar-refractivity contribution in [1.29, 1.82) is 0 Å². The highest BCUT2D eigenvalue weighted by atomic mass is 16.4. The number of rotatable bonds is 5. The minimum absolute atomic E-state index is 0.0342. The second-order valence-corrected chi connectivity index (χ2v) is 4.71. The first-order valence-electron chi connectivity index (χ1n) is 6.48. The molecule has 1 aliphatic rings. The first-order chi connectivity index (χ1) is 8.54. The maximum absolute atomic E-state index is 11.7. The Morgan fingerprint density at radius 3 is 2.50 bits per heavy atom. The van der Waals surface area contributed by atoms with E-state index in [4.69, 9.17) is 10.2 Å². The zero-order valence-electron chi connectivity index (χ0n) is 10.8. The minimum Gasteiger partial charge on any atom is -0.479 e. The van der Waals surface area contributed by atoms with Crippen LogP contribution < -0.4 is 5.32 Å². The lowest BCUT2D eigenvalue weighted by Crippen LogP contribution is -2.45. The molecule has 1 unspecified atom stereocenters. The summed E-state index contributed by atoms with van der Waals surface area (Å²) in [7, 11) is 0. The van der Waals surface area contributed by atoms with Gasteiger partial charge < -0.3 is 20.4 Å². The summed E-state index contributed by atoms with van der Waals surface area (Å²) in [4.78, 5) is 23.9. The molecule has 2 amide bonds. The molecule has 1 fully saturated rings. The fourth-order valence-corrected chi connectivity index (χ4v) is 2.10. The molecular weight excluding hydrogens is 236 g/mol. The summed E-state index contributed by atoms with van der Waals surface area (Å²) in [6.07, 6.45) is 1.84. The summed E-state index contributed by atoms with van der Waals surface area (Å²) in [5.41, 5.74) is 0. The fourth-order valence-electron chi connectivity index (χ4n) is 2.10. The number of nitrogens with zero attached hydrogens (tertiary/aromatic N) is 1. The number of carbonyl (C=O) groups excluding carboxylic acids is 1. The number of urea groups is 1. The molecule has 6 nitrogen and oxygen atoms in total. The van der Waals surface area contributed by atoms with Gasteiger partial charge >= 0.3 is 12.0 Å². The van der Waals surface area contributed by atoms with Gasteiger partial charge in [0.05, 0.1) is 0 Å². The number of aliphatic carboxylic acids is 1. The van der Waals surface area contributed by atoms with E-state index in [0.29, 0.717) is 5.92 Å². The Hall–Kier alpha value is -1.30. The van der Waals surface area contributed by atoms with Crippen molar-refractivity contribution in [2.75, 3.05) is 19.6 Å². The molecule has 1 aliphatic heterocycles. The van der Waals surface area contributed by atoms with Crippen LogP contribution in [0.5, 0.6) is 0 Å². The number of aliphatic hydroxyl groups is 1. The molecule has 0 aromatic rings. The SMILES string of the molecule is CCC1CCN(C(=O)NCCC(O)C(=O)O)CC1. The maximum Gasteiger partial charge on any atom is 0.332 e. The molecule has 1 atom stereocenters. The molecular formula is C12H22N2O4. The second kappa shape index (κ2) is 7.20. The van der Waals surface area contributed by atoms with Crippen LogP contribution in [0.15, 0.2) is 0 Å². The Bertz CT molecular complexity index is 288. The molecule has 104 valence electrons. The number of amides is 2. The molecule has 0 bridgehead atoms. The van der Waals surface area contributed by atoms with Crippen LogP contribution in [0.1, 0.15) is 32.6 Å². The topological polar surface area (TPSA) is 89.9 Å². The van der Waals surface area contributed by atoms with Gasteiger partial charge in [-0.1, -0.05) is 13.3 Å². The number of aliphatic hydroxyl groups excluding tert-OH is 1. The van der Waals surface area contributed by atoms with Crippen molar-refractivity contribution in [3.63, 3.8) is 0 Å². The van der Waals surface area contributed by atoms with Gasteiger partial charge in [0.1, 0.15) is 0 Å². The Balaban J connectivity index is 2.19. The largest absolute Gasteiger partial charge is 0.479 e. The molecule has 0 aromatic heterocycles. The van der Waals surface area contributed by atoms with E-state index in [9.17, 15) is 9.59 Å². The Kier molecular flexibility index (Phi) is 5.91. The highest BCUT2D eigenvalue weighted by Gasteiger charge is 2.21. The van der Waals surface area contributed by atoms with Crippen LogP contribution in [0.2, 0.25) is 0 Å². The van der Waals surface area contributed by atoms with Crippen LogP contribution in [-0.2, 0) is 4.79 Å². The number of nitrogens with one attached hydrogen (secondary N) is 1. The van der Waals surface area contributed by atoms with Gasteiger partial charge in [0.25, 0.3) is 0 Å². The van der Waals surface area contributed by atoms with Crippen LogP contribution >= 0.6 is 0 Å². The van der Waals surface area contributed by atoms with Crippen molar-refractivity contribution < 1.29 is 19.8 Å². The van der Waals surface area contributed by atoms with E-state index in [1.165, 1.54) is 0 Å². The molecule has 1 heterocycles. The van der Waals surface area contributed by atoms with Crippen LogP contribution in [0, 0.1) is 5.92 Å². The van der Waals surface area contributed by atoms with Crippen LogP contribution in [0.4, 0.5) is 4.79 Å². The standard InChI is InChI=1S/C12H22N2O4/c1-2-9-4-7-14(8-5-9)12(18)13-6-3-10(15)11(16)17/h9-10,15H,2-8H2,1H3,(H,13,18)(H,16,17). The molecule has 0 aromatic carbocycles. The number of carboxylic acids is 1. The number of carbonyl (C=O) groups is 2. The van der Waals surface area contributed by atoms with Gasteiger partial charge in [0.2, 0.25) is 0 Å². The zero-order chi connectivity index (χ0) is 13.5. The first-order valence-corrected chi connectivity index (χ1v) is 6.48. The van der Waals surface area contributed by atoms with E-state index in [1.54, 1.807) is 4.90 Å². The molecule has 18 heavy (non-hydrogen) atoms. The van der Waals surface area contributed by atoms with Gasteiger partial charge in [-0.05, 0) is 18.8 Å². The monoisotopic (exact) mass is 258 g/mol. The Morgan fingerprint density at radius 2 is 2.00 bits per heavy atom. The van der Waals surface area contributed by atoms with E-state index in [1.807, 2.05) is 0 Å². The van der Waals surface area contributed by atoms with Crippen molar-refractivity contribution >= 4 is 12.0 Å². The van der Waals surface area contributed by atoms with Gasteiger partial charge in [0, 0.05) is 26.1 Å².